The second-order valence-electron chi connectivity index (χ2n) is 4.45. The van der Waals surface area contributed by atoms with Crippen LogP contribution in [0.15, 0.2) is 24.3 Å². The molecule has 18 heavy (non-hydrogen) atoms. The van der Waals surface area contributed by atoms with Crippen molar-refractivity contribution in [1.82, 2.24) is 0 Å². The molecule has 0 N–H and O–H groups in total. The van der Waals surface area contributed by atoms with Crippen LogP contribution in [0, 0.1) is 0 Å². The van der Waals surface area contributed by atoms with E-state index < -0.39 is 5.60 Å². The highest BCUT2D eigenvalue weighted by Crippen LogP contribution is 2.34. The summed E-state index contributed by atoms with van der Waals surface area (Å²) in [5.41, 5.74) is 0.441. The minimum Gasteiger partial charge on any atom is -0.464 e. The lowest BCUT2D eigenvalue weighted by molar-refractivity contribution is -0.149. The molecular weight excluding hydrogens is 252 g/mol. The average molecular weight is 269 g/mol. The predicted octanol–water partition coefficient (Wildman–Crippen LogP) is 2.99. The van der Waals surface area contributed by atoms with Crippen molar-refractivity contribution in [2.24, 2.45) is 0 Å². The maximum atomic E-state index is 11.7. The lowest BCUT2D eigenvalue weighted by Crippen LogP contribution is -2.27. The molecule has 0 bridgehead atoms. The van der Waals surface area contributed by atoms with Crippen LogP contribution in [0.4, 0.5) is 0 Å². The van der Waals surface area contributed by atoms with E-state index in [-0.39, 0.29) is 5.97 Å². The third kappa shape index (κ3) is 3.03. The van der Waals surface area contributed by atoms with Crippen molar-refractivity contribution in [2.45, 2.75) is 31.8 Å². The van der Waals surface area contributed by atoms with Crippen molar-refractivity contribution < 1.29 is 14.3 Å². The monoisotopic (exact) mass is 268 g/mol. The number of carbonyl (C=O) groups excluding carboxylic acids is 1. The number of rotatable bonds is 6. The Labute approximate surface area is 112 Å². The average Bonchev–Trinajstić information content (AvgIpc) is 3.13. The van der Waals surface area contributed by atoms with E-state index in [0.717, 1.165) is 23.4 Å². The van der Waals surface area contributed by atoms with Crippen LogP contribution in [-0.4, -0.2) is 24.8 Å². The summed E-state index contributed by atoms with van der Waals surface area (Å²) < 4.78 is 10.3. The summed E-state index contributed by atoms with van der Waals surface area (Å²) in [5, 5.41) is 0.777. The fourth-order valence-corrected chi connectivity index (χ4v) is 2.21. The number of hydrogen-bond acceptors (Lipinski definition) is 3. The van der Waals surface area contributed by atoms with E-state index >= 15 is 0 Å². The molecule has 0 amide bonds. The van der Waals surface area contributed by atoms with Gasteiger partial charge >= 0.3 is 5.97 Å². The van der Waals surface area contributed by atoms with Gasteiger partial charge in [0.15, 0.2) is 5.60 Å². The highest BCUT2D eigenvalue weighted by molar-refractivity contribution is 6.31. The van der Waals surface area contributed by atoms with E-state index in [2.05, 4.69) is 0 Å². The maximum absolute atomic E-state index is 11.7. The Morgan fingerprint density at radius 2 is 2.22 bits per heavy atom. The Kier molecular flexibility index (Phi) is 4.25. The largest absolute Gasteiger partial charge is 0.464 e. The Morgan fingerprint density at radius 1 is 1.50 bits per heavy atom. The van der Waals surface area contributed by atoms with Crippen LogP contribution in [-0.2, 0) is 20.7 Å². The Hall–Kier alpha value is -1.06. The number of hydrogen-bond donors (Lipinski definition) is 0. The van der Waals surface area contributed by atoms with E-state index in [1.54, 1.807) is 6.92 Å². The zero-order valence-corrected chi connectivity index (χ0v) is 11.2. The molecule has 0 radical (unpaired) electrons. The molecule has 3 nitrogen and oxygen atoms in total. The van der Waals surface area contributed by atoms with Crippen molar-refractivity contribution in [3.63, 3.8) is 0 Å². The predicted molar refractivity (Wildman–Crippen MR) is 69.7 cm³/mol. The number of benzene rings is 1. The Morgan fingerprint density at radius 3 is 2.83 bits per heavy atom. The molecular formula is C14H17ClO3. The Balaban J connectivity index is 1.82. The summed E-state index contributed by atoms with van der Waals surface area (Å²) in [6.07, 6.45) is 2.41. The molecule has 1 atom stereocenters. The molecule has 0 saturated carbocycles. The van der Waals surface area contributed by atoms with E-state index in [0.29, 0.717) is 19.6 Å². The van der Waals surface area contributed by atoms with Crippen LogP contribution < -0.4 is 0 Å². The van der Waals surface area contributed by atoms with Gasteiger partial charge in [-0.05, 0) is 37.8 Å². The van der Waals surface area contributed by atoms with Crippen LogP contribution in [0.3, 0.4) is 0 Å². The molecule has 0 spiro atoms. The summed E-state index contributed by atoms with van der Waals surface area (Å²) in [6.45, 7) is 2.68. The molecule has 1 aliphatic rings. The normalized spacial score (nSPS) is 21.7. The molecule has 1 fully saturated rings. The van der Waals surface area contributed by atoms with E-state index in [1.165, 1.54) is 0 Å². The molecule has 0 aliphatic carbocycles. The molecule has 2 rings (SSSR count). The smallest absolute Gasteiger partial charge is 0.340 e. The fraction of sp³-hybridized carbons (Fsp3) is 0.500. The van der Waals surface area contributed by atoms with Gasteiger partial charge in [-0.3, -0.25) is 0 Å². The van der Waals surface area contributed by atoms with Gasteiger partial charge in [0.2, 0.25) is 0 Å². The summed E-state index contributed by atoms with van der Waals surface area (Å²) in [5.74, 6) is -0.232. The second-order valence-corrected chi connectivity index (χ2v) is 4.86. The van der Waals surface area contributed by atoms with Gasteiger partial charge in [0.05, 0.1) is 13.2 Å². The Bertz CT molecular complexity index is 427. The van der Waals surface area contributed by atoms with Gasteiger partial charge < -0.3 is 9.47 Å². The summed E-state index contributed by atoms with van der Waals surface area (Å²) >= 11 is 6.08. The fourth-order valence-electron chi connectivity index (χ4n) is 1.98. The highest BCUT2D eigenvalue weighted by Gasteiger charge is 2.52. The number of epoxide rings is 1. The third-order valence-electron chi connectivity index (χ3n) is 3.12. The van der Waals surface area contributed by atoms with Crippen LogP contribution in [0.25, 0.3) is 0 Å². The lowest BCUT2D eigenvalue weighted by Gasteiger charge is -2.10. The van der Waals surface area contributed by atoms with Gasteiger partial charge in [-0.25, -0.2) is 4.79 Å². The van der Waals surface area contributed by atoms with Gasteiger partial charge in [0.1, 0.15) is 0 Å². The first-order valence-corrected chi connectivity index (χ1v) is 6.60. The van der Waals surface area contributed by atoms with Crippen molar-refractivity contribution >= 4 is 17.6 Å². The number of ether oxygens (including phenoxy) is 2. The number of halogens is 1. The van der Waals surface area contributed by atoms with E-state index in [1.807, 2.05) is 24.3 Å². The topological polar surface area (TPSA) is 38.8 Å². The van der Waals surface area contributed by atoms with Gasteiger partial charge in [-0.1, -0.05) is 29.8 Å². The van der Waals surface area contributed by atoms with Crippen LogP contribution >= 0.6 is 11.6 Å². The van der Waals surface area contributed by atoms with Crippen molar-refractivity contribution in [2.75, 3.05) is 13.2 Å². The van der Waals surface area contributed by atoms with Crippen LogP contribution in [0.2, 0.25) is 5.02 Å². The quantitative estimate of drug-likeness (QED) is 0.588. The van der Waals surface area contributed by atoms with Gasteiger partial charge in [0, 0.05) is 5.02 Å². The summed E-state index contributed by atoms with van der Waals surface area (Å²) in [7, 11) is 0. The first-order valence-electron chi connectivity index (χ1n) is 6.22. The molecule has 0 unspecified atom stereocenters. The second kappa shape index (κ2) is 5.72. The van der Waals surface area contributed by atoms with Gasteiger partial charge in [-0.2, -0.15) is 0 Å². The number of aryl methyl sites for hydroxylation is 1. The third-order valence-corrected chi connectivity index (χ3v) is 3.49. The van der Waals surface area contributed by atoms with Crippen molar-refractivity contribution in [1.29, 1.82) is 0 Å². The van der Waals surface area contributed by atoms with Crippen molar-refractivity contribution in [3.8, 4) is 0 Å². The standard InChI is InChI=1S/C14H17ClO3/c1-2-17-13(16)14(10-18-14)9-5-7-11-6-3-4-8-12(11)15/h3-4,6,8H,2,5,7,9-10H2,1H3/t14-/m1/s1. The molecule has 1 heterocycles. The minimum absolute atomic E-state index is 0.232. The van der Waals surface area contributed by atoms with Crippen LogP contribution in [0.5, 0.6) is 0 Å². The first kappa shape index (κ1) is 13.4. The maximum Gasteiger partial charge on any atom is 0.340 e. The molecule has 98 valence electrons. The number of carbonyl (C=O) groups is 1. The molecule has 1 aliphatic heterocycles. The lowest BCUT2D eigenvalue weighted by atomic mass is 10.0. The van der Waals surface area contributed by atoms with Gasteiger partial charge in [-0.15, -0.1) is 0 Å². The SMILES string of the molecule is CCOC(=O)[C@@]1(CCCc2ccccc2Cl)CO1. The minimum atomic E-state index is -0.669. The van der Waals surface area contributed by atoms with Crippen LogP contribution in [0.1, 0.15) is 25.3 Å². The van der Waals surface area contributed by atoms with E-state index in [9.17, 15) is 4.79 Å². The zero-order chi connectivity index (χ0) is 13.0. The van der Waals surface area contributed by atoms with Crippen molar-refractivity contribution in [3.05, 3.63) is 34.9 Å². The zero-order valence-electron chi connectivity index (χ0n) is 10.4. The molecule has 1 aromatic carbocycles. The summed E-state index contributed by atoms with van der Waals surface area (Å²) in [6, 6.07) is 7.77. The first-order chi connectivity index (χ1) is 8.68. The summed E-state index contributed by atoms with van der Waals surface area (Å²) in [4.78, 5) is 11.7. The van der Waals surface area contributed by atoms with E-state index in [4.69, 9.17) is 21.1 Å². The highest BCUT2D eigenvalue weighted by atomic mass is 35.5. The molecule has 4 heteroatoms. The molecule has 1 saturated heterocycles. The molecule has 1 aromatic rings. The van der Waals surface area contributed by atoms with Gasteiger partial charge in [0.25, 0.3) is 0 Å². The number of esters is 1. The molecule has 0 aromatic heterocycles.